The fraction of sp³-hybridized carbons (Fsp3) is 0.375. The summed E-state index contributed by atoms with van der Waals surface area (Å²) in [6.45, 7) is 3.79. The third-order valence-electron chi connectivity index (χ3n) is 4.30. The molecule has 0 bridgehead atoms. The number of halogens is 1. The van der Waals surface area contributed by atoms with E-state index in [9.17, 15) is 22.4 Å². The topological polar surface area (TPSA) is 90.6 Å². The van der Waals surface area contributed by atoms with E-state index in [4.69, 9.17) is 0 Å². The van der Waals surface area contributed by atoms with E-state index in [0.29, 0.717) is 22.6 Å². The summed E-state index contributed by atoms with van der Waals surface area (Å²) in [6.07, 6.45) is 0. The van der Waals surface area contributed by atoms with Crippen LogP contribution in [0.15, 0.2) is 27.2 Å². The van der Waals surface area contributed by atoms with Crippen LogP contribution in [0.25, 0.3) is 0 Å². The van der Waals surface area contributed by atoms with Gasteiger partial charge in [0.15, 0.2) is 4.21 Å². The quantitative estimate of drug-likeness (QED) is 0.843. The Kier molecular flexibility index (Phi) is 5.00. The summed E-state index contributed by atoms with van der Waals surface area (Å²) >= 11 is 0.659. The summed E-state index contributed by atoms with van der Waals surface area (Å²) in [7, 11) is -3.78. The van der Waals surface area contributed by atoms with Crippen molar-refractivity contribution in [3.63, 3.8) is 0 Å². The Bertz CT molecular complexity index is 1000. The first-order valence-electron chi connectivity index (χ1n) is 7.95. The van der Waals surface area contributed by atoms with Crippen molar-refractivity contribution in [3.8, 4) is 0 Å². The number of nitrogens with one attached hydrogen (secondary N) is 1. The lowest BCUT2D eigenvalue weighted by Crippen LogP contribution is -2.50. The molecule has 7 nitrogen and oxygen atoms in total. The predicted octanol–water partition coefficient (Wildman–Crippen LogP) is 1.34. The molecule has 0 saturated carbocycles. The molecule has 0 aliphatic carbocycles. The lowest BCUT2D eigenvalue weighted by atomic mass is 10.1. The molecule has 1 aliphatic rings. The van der Waals surface area contributed by atoms with E-state index < -0.39 is 20.7 Å². The third-order valence-corrected chi connectivity index (χ3v) is 7.78. The molecule has 0 atom stereocenters. The molecule has 1 N–H and O–H groups in total. The van der Waals surface area contributed by atoms with E-state index in [1.54, 1.807) is 19.1 Å². The molecular weight excluding hydrogens is 381 g/mol. The molecule has 10 heteroatoms. The Balaban J connectivity index is 1.72. The number of benzene rings is 1. The van der Waals surface area contributed by atoms with Crippen molar-refractivity contribution in [1.82, 2.24) is 14.2 Å². The molecule has 1 amide bonds. The summed E-state index contributed by atoms with van der Waals surface area (Å²) < 4.78 is 40.3. The highest BCUT2D eigenvalue weighted by Gasteiger charge is 2.33. The second-order valence-electron chi connectivity index (χ2n) is 6.09. The number of amides is 1. The standard InChI is InChI=1S/C16H18FN3O4S2/c1-10-3-4-12(9-13(10)17)14(21)19-5-7-20(8-6-19)26(23,24)15-11(2)18-16(22)25-15/h3-4,9H,5-8H2,1-2H3,(H,18,22). The number of hydrogen-bond acceptors (Lipinski definition) is 5. The molecular formula is C16H18FN3O4S2. The molecule has 0 radical (unpaired) electrons. The molecule has 3 rings (SSSR count). The van der Waals surface area contributed by atoms with Crippen molar-refractivity contribution in [3.05, 3.63) is 50.5 Å². The molecule has 0 unspecified atom stereocenters. The number of aromatic nitrogens is 1. The van der Waals surface area contributed by atoms with E-state index in [-0.39, 0.29) is 41.9 Å². The van der Waals surface area contributed by atoms with E-state index >= 15 is 0 Å². The highest BCUT2D eigenvalue weighted by molar-refractivity contribution is 7.91. The van der Waals surface area contributed by atoms with Crippen molar-refractivity contribution >= 4 is 27.3 Å². The maximum absolute atomic E-state index is 13.7. The zero-order chi connectivity index (χ0) is 19.1. The van der Waals surface area contributed by atoms with Crippen LogP contribution >= 0.6 is 11.3 Å². The minimum Gasteiger partial charge on any atom is -0.336 e. The average molecular weight is 399 g/mol. The second kappa shape index (κ2) is 6.93. The van der Waals surface area contributed by atoms with E-state index in [0.717, 1.165) is 0 Å². The van der Waals surface area contributed by atoms with Crippen LogP contribution in [0.5, 0.6) is 0 Å². The highest BCUT2D eigenvalue weighted by atomic mass is 32.2. The van der Waals surface area contributed by atoms with Gasteiger partial charge < -0.3 is 9.88 Å². The zero-order valence-electron chi connectivity index (χ0n) is 14.3. The van der Waals surface area contributed by atoms with E-state index in [1.165, 1.54) is 22.2 Å². The van der Waals surface area contributed by atoms with Crippen molar-refractivity contribution in [2.75, 3.05) is 26.2 Å². The van der Waals surface area contributed by atoms with Gasteiger partial charge in [-0.3, -0.25) is 9.59 Å². The molecule has 1 aromatic carbocycles. The minimum absolute atomic E-state index is 0.00267. The van der Waals surface area contributed by atoms with E-state index in [2.05, 4.69) is 4.98 Å². The number of thiazole rings is 1. The monoisotopic (exact) mass is 399 g/mol. The summed E-state index contributed by atoms with van der Waals surface area (Å²) in [6, 6.07) is 4.30. The summed E-state index contributed by atoms with van der Waals surface area (Å²) in [5.74, 6) is -0.779. The number of piperazine rings is 1. The maximum Gasteiger partial charge on any atom is 0.305 e. The Labute approximate surface area is 154 Å². The average Bonchev–Trinajstić information content (AvgIpc) is 2.96. The van der Waals surface area contributed by atoms with Gasteiger partial charge in [-0.1, -0.05) is 17.4 Å². The van der Waals surface area contributed by atoms with Crippen molar-refractivity contribution in [2.45, 2.75) is 18.1 Å². The normalized spacial score (nSPS) is 16.0. The number of rotatable bonds is 3. The van der Waals surface area contributed by atoms with Gasteiger partial charge in [0.1, 0.15) is 5.82 Å². The van der Waals surface area contributed by atoms with Gasteiger partial charge in [0.2, 0.25) is 0 Å². The molecule has 1 aliphatic heterocycles. The Hall–Kier alpha value is -2.04. The molecule has 1 fully saturated rings. The Morgan fingerprint density at radius 3 is 2.38 bits per heavy atom. The van der Waals surface area contributed by atoms with Gasteiger partial charge >= 0.3 is 4.87 Å². The van der Waals surface area contributed by atoms with Crippen LogP contribution < -0.4 is 4.87 Å². The number of carbonyl (C=O) groups is 1. The fourth-order valence-corrected chi connectivity index (χ4v) is 5.65. The van der Waals surface area contributed by atoms with Crippen LogP contribution in [0.1, 0.15) is 21.6 Å². The van der Waals surface area contributed by atoms with Gasteiger partial charge in [-0.05, 0) is 31.5 Å². The highest BCUT2D eigenvalue weighted by Crippen LogP contribution is 2.23. The SMILES string of the molecule is Cc1ccc(C(=O)N2CCN(S(=O)(=O)c3sc(=O)[nH]c3C)CC2)cc1F. The smallest absolute Gasteiger partial charge is 0.305 e. The first-order chi connectivity index (χ1) is 12.2. The van der Waals surface area contributed by atoms with Crippen LogP contribution in [-0.4, -0.2) is 54.7 Å². The van der Waals surface area contributed by atoms with Crippen LogP contribution in [0.4, 0.5) is 4.39 Å². The van der Waals surface area contributed by atoms with Crippen LogP contribution in [0.3, 0.4) is 0 Å². The lowest BCUT2D eigenvalue weighted by molar-refractivity contribution is 0.0697. The lowest BCUT2D eigenvalue weighted by Gasteiger charge is -2.33. The third kappa shape index (κ3) is 3.44. The van der Waals surface area contributed by atoms with Gasteiger partial charge in [-0.25, -0.2) is 12.8 Å². The molecule has 140 valence electrons. The number of nitrogens with zero attached hydrogens (tertiary/aromatic N) is 2. The molecule has 1 aromatic heterocycles. The van der Waals surface area contributed by atoms with Gasteiger partial charge in [0, 0.05) is 37.4 Å². The fourth-order valence-electron chi connectivity index (χ4n) is 2.79. The molecule has 0 spiro atoms. The Morgan fingerprint density at radius 2 is 1.85 bits per heavy atom. The maximum atomic E-state index is 13.7. The first-order valence-corrected chi connectivity index (χ1v) is 10.2. The predicted molar refractivity (Wildman–Crippen MR) is 95.5 cm³/mol. The number of aryl methyl sites for hydroxylation is 2. The number of sulfonamides is 1. The van der Waals surface area contributed by atoms with Crippen molar-refractivity contribution in [2.24, 2.45) is 0 Å². The minimum atomic E-state index is -3.78. The number of carbonyl (C=O) groups excluding carboxylic acids is 1. The van der Waals surface area contributed by atoms with Gasteiger partial charge in [-0.15, -0.1) is 0 Å². The van der Waals surface area contributed by atoms with Crippen LogP contribution in [0.2, 0.25) is 0 Å². The van der Waals surface area contributed by atoms with Crippen molar-refractivity contribution < 1.29 is 17.6 Å². The second-order valence-corrected chi connectivity index (χ2v) is 9.20. The summed E-state index contributed by atoms with van der Waals surface area (Å²) in [5.41, 5.74) is 1.01. The van der Waals surface area contributed by atoms with Gasteiger partial charge in [-0.2, -0.15) is 4.31 Å². The van der Waals surface area contributed by atoms with E-state index in [1.807, 2.05) is 0 Å². The summed E-state index contributed by atoms with van der Waals surface area (Å²) in [4.78, 5) is 27.4. The molecule has 26 heavy (non-hydrogen) atoms. The molecule has 2 heterocycles. The molecule has 2 aromatic rings. The molecule has 1 saturated heterocycles. The Morgan fingerprint density at radius 1 is 1.19 bits per heavy atom. The number of H-pyrrole nitrogens is 1. The summed E-state index contributed by atoms with van der Waals surface area (Å²) in [5, 5.41) is 0. The number of aromatic amines is 1. The first kappa shape index (κ1) is 18.7. The van der Waals surface area contributed by atoms with Crippen LogP contribution in [0, 0.1) is 19.7 Å². The van der Waals surface area contributed by atoms with Gasteiger partial charge in [0.05, 0.1) is 0 Å². The zero-order valence-corrected chi connectivity index (χ0v) is 15.9. The largest absolute Gasteiger partial charge is 0.336 e. The number of hydrogen-bond donors (Lipinski definition) is 1. The van der Waals surface area contributed by atoms with Crippen molar-refractivity contribution in [1.29, 1.82) is 0 Å². The van der Waals surface area contributed by atoms with Crippen LogP contribution in [-0.2, 0) is 10.0 Å². The van der Waals surface area contributed by atoms with Gasteiger partial charge in [0.25, 0.3) is 15.9 Å².